The van der Waals surface area contributed by atoms with Gasteiger partial charge in [0.15, 0.2) is 0 Å². The lowest BCUT2D eigenvalue weighted by Crippen LogP contribution is -2.44. The van der Waals surface area contributed by atoms with E-state index in [0.717, 1.165) is 35.6 Å². The number of ether oxygens (including phenoxy) is 1. The van der Waals surface area contributed by atoms with E-state index in [2.05, 4.69) is 0 Å². The number of anilines is 1. The summed E-state index contributed by atoms with van der Waals surface area (Å²) in [6.45, 7) is 2.05. The van der Waals surface area contributed by atoms with E-state index in [1.54, 1.807) is 17.9 Å². The average Bonchev–Trinajstić information content (AvgIpc) is 2.71. The maximum Gasteiger partial charge on any atom is 0.326 e. The topological polar surface area (TPSA) is 46.6 Å². The van der Waals surface area contributed by atoms with Crippen LogP contribution in [-0.2, 0) is 19.7 Å². The van der Waals surface area contributed by atoms with Crippen molar-refractivity contribution in [2.75, 3.05) is 29.6 Å². The van der Waals surface area contributed by atoms with Gasteiger partial charge in [-0.3, -0.25) is 9.59 Å². The number of nitrogens with zero attached hydrogens (tertiary/aromatic N) is 1. The zero-order chi connectivity index (χ0) is 15.7. The summed E-state index contributed by atoms with van der Waals surface area (Å²) in [7, 11) is 5.93. The normalized spacial score (nSPS) is 19.3. The summed E-state index contributed by atoms with van der Waals surface area (Å²) in [4.78, 5) is 26.5. The average molecular weight is 315 g/mol. The molecule has 0 bridgehead atoms. The molecule has 114 valence electrons. The van der Waals surface area contributed by atoms with E-state index in [-0.39, 0.29) is 18.4 Å². The number of fused-ring (bicyclic) bond motifs is 2. The van der Waals surface area contributed by atoms with Crippen molar-refractivity contribution in [1.29, 1.82) is 0 Å². The molecule has 2 aliphatic heterocycles. The minimum atomic E-state index is -0.511. The molecule has 1 fully saturated rings. The Bertz CT molecular complexity index is 613. The first-order valence-electron chi connectivity index (χ1n) is 7.54. The van der Waals surface area contributed by atoms with E-state index in [9.17, 15) is 9.59 Å². The van der Waals surface area contributed by atoms with E-state index in [4.69, 9.17) is 12.6 Å². The van der Waals surface area contributed by atoms with Crippen molar-refractivity contribution in [3.63, 3.8) is 0 Å². The molecule has 2 heterocycles. The molecule has 1 aromatic rings. The molecule has 0 saturated carbocycles. The lowest BCUT2D eigenvalue weighted by atomic mass is 9.75. The Kier molecular flexibility index (Phi) is 4.21. The molecule has 2 radical (unpaired) electrons. The predicted octanol–water partition coefficient (Wildman–Crippen LogP) is 1.15. The van der Waals surface area contributed by atoms with Crippen molar-refractivity contribution in [2.24, 2.45) is 0 Å². The Hall–Kier alpha value is -1.43. The van der Waals surface area contributed by atoms with Crippen LogP contribution in [0.1, 0.15) is 25.3 Å². The van der Waals surface area contributed by atoms with Crippen LogP contribution in [0.4, 0.5) is 5.69 Å². The lowest BCUT2D eigenvalue weighted by Gasteiger charge is -2.32. The molecule has 0 aliphatic carbocycles. The van der Waals surface area contributed by atoms with Gasteiger partial charge in [0.05, 0.1) is 12.0 Å². The van der Waals surface area contributed by atoms with Gasteiger partial charge in [-0.15, -0.1) is 0 Å². The van der Waals surface area contributed by atoms with E-state index < -0.39 is 5.41 Å². The van der Waals surface area contributed by atoms with Crippen LogP contribution in [0.25, 0.3) is 0 Å². The van der Waals surface area contributed by atoms with Crippen molar-refractivity contribution in [1.82, 2.24) is 0 Å². The first-order valence-corrected chi connectivity index (χ1v) is 8.69. The van der Waals surface area contributed by atoms with Gasteiger partial charge in [-0.25, -0.2) is 0 Å². The number of carbonyl (C=O) groups is 2. The van der Waals surface area contributed by atoms with Crippen LogP contribution in [-0.4, -0.2) is 44.4 Å². The fourth-order valence-corrected chi connectivity index (χ4v) is 4.54. The fourth-order valence-electron chi connectivity index (χ4n) is 3.35. The monoisotopic (exact) mass is 315 g/mol. The third-order valence-corrected chi connectivity index (χ3v) is 5.41. The molecule has 1 saturated heterocycles. The van der Waals surface area contributed by atoms with Crippen molar-refractivity contribution >= 4 is 42.6 Å². The van der Waals surface area contributed by atoms with Gasteiger partial charge >= 0.3 is 5.97 Å². The van der Waals surface area contributed by atoms with E-state index >= 15 is 0 Å². The summed E-state index contributed by atoms with van der Waals surface area (Å²) in [5.41, 5.74) is 1.92. The summed E-state index contributed by atoms with van der Waals surface area (Å²) in [5.74, 6) is 1.54. The van der Waals surface area contributed by atoms with Gasteiger partial charge in [-0.2, -0.15) is 11.8 Å². The number of hydrogen-bond acceptors (Lipinski definition) is 4. The van der Waals surface area contributed by atoms with Crippen molar-refractivity contribution in [3.05, 3.63) is 23.8 Å². The molecule has 0 atom stereocenters. The quantitative estimate of drug-likeness (QED) is 0.620. The van der Waals surface area contributed by atoms with E-state index in [1.807, 2.05) is 23.9 Å². The first kappa shape index (κ1) is 15.5. The number of thioether (sulfide) groups is 1. The molecule has 1 amide bonds. The lowest BCUT2D eigenvalue weighted by molar-refractivity contribution is -0.142. The van der Waals surface area contributed by atoms with Crippen LogP contribution >= 0.6 is 11.8 Å². The third kappa shape index (κ3) is 2.43. The minimum Gasteiger partial charge on any atom is -0.465 e. The van der Waals surface area contributed by atoms with Gasteiger partial charge in [0.25, 0.3) is 0 Å². The van der Waals surface area contributed by atoms with Crippen LogP contribution in [0.2, 0.25) is 0 Å². The van der Waals surface area contributed by atoms with Crippen molar-refractivity contribution in [3.8, 4) is 0 Å². The predicted molar refractivity (Wildman–Crippen MR) is 89.1 cm³/mol. The van der Waals surface area contributed by atoms with Crippen molar-refractivity contribution < 1.29 is 14.3 Å². The molecule has 1 aromatic carbocycles. The Balaban J connectivity index is 2.00. The summed E-state index contributed by atoms with van der Waals surface area (Å²) in [5, 5.41) is 0. The fraction of sp³-hybridized carbons (Fsp3) is 0.500. The Morgan fingerprint density at radius 2 is 2.14 bits per heavy atom. The van der Waals surface area contributed by atoms with Gasteiger partial charge in [0, 0.05) is 5.69 Å². The Morgan fingerprint density at radius 3 is 2.82 bits per heavy atom. The molecule has 0 N–H and O–H groups in total. The second-order valence-corrected chi connectivity index (χ2v) is 6.89. The van der Waals surface area contributed by atoms with Crippen LogP contribution in [0, 0.1) is 0 Å². The Morgan fingerprint density at radius 1 is 1.41 bits per heavy atom. The number of rotatable bonds is 3. The van der Waals surface area contributed by atoms with Gasteiger partial charge in [0.1, 0.15) is 14.4 Å². The summed E-state index contributed by atoms with van der Waals surface area (Å²) in [6.07, 6.45) is 1.60. The second kappa shape index (κ2) is 5.99. The molecule has 0 aromatic heterocycles. The molecule has 0 unspecified atom stereocenters. The molecule has 22 heavy (non-hydrogen) atoms. The maximum atomic E-state index is 13.1. The van der Waals surface area contributed by atoms with E-state index in [0.29, 0.717) is 12.1 Å². The molecule has 6 heteroatoms. The molecule has 1 spiro atoms. The summed E-state index contributed by atoms with van der Waals surface area (Å²) in [6, 6.07) is 5.52. The number of benzene rings is 1. The first-order chi connectivity index (χ1) is 10.6. The Labute approximate surface area is 136 Å². The second-order valence-electron chi connectivity index (χ2n) is 5.67. The highest BCUT2D eigenvalue weighted by Crippen LogP contribution is 2.48. The highest BCUT2D eigenvalue weighted by Gasteiger charge is 2.51. The largest absolute Gasteiger partial charge is 0.465 e. The van der Waals surface area contributed by atoms with Crippen LogP contribution in [0.15, 0.2) is 18.2 Å². The van der Waals surface area contributed by atoms with Gasteiger partial charge in [0.2, 0.25) is 5.91 Å². The molecule has 4 nitrogen and oxygen atoms in total. The number of carbonyl (C=O) groups excluding carboxylic acids is 2. The van der Waals surface area contributed by atoms with Gasteiger partial charge in [-0.1, -0.05) is 17.6 Å². The summed E-state index contributed by atoms with van der Waals surface area (Å²) < 4.78 is 5.01. The minimum absolute atomic E-state index is 0.0152. The molecule has 2 aliphatic rings. The zero-order valence-corrected chi connectivity index (χ0v) is 13.4. The highest BCUT2D eigenvalue weighted by molar-refractivity contribution is 7.99. The zero-order valence-electron chi connectivity index (χ0n) is 12.6. The highest BCUT2D eigenvalue weighted by atomic mass is 32.2. The molecular weight excluding hydrogens is 297 g/mol. The van der Waals surface area contributed by atoms with Gasteiger partial charge < -0.3 is 9.64 Å². The number of amides is 1. The van der Waals surface area contributed by atoms with Crippen LogP contribution in [0.3, 0.4) is 0 Å². The number of hydrogen-bond donors (Lipinski definition) is 0. The standard InChI is InChI=1S/C16H18BNO3S/c1-2-21-14(19)10-18-13-4-3-11(17)9-12(13)16(15(18)20)5-7-22-8-6-16/h3-4,9H,2,5-8,10H2,1H3. The van der Waals surface area contributed by atoms with Crippen LogP contribution in [0.5, 0.6) is 0 Å². The molecule has 3 rings (SSSR count). The van der Waals surface area contributed by atoms with Crippen LogP contribution < -0.4 is 10.4 Å². The maximum absolute atomic E-state index is 13.1. The van der Waals surface area contributed by atoms with Gasteiger partial charge in [-0.05, 0) is 42.9 Å². The SMILES string of the molecule is [B]c1ccc2c(c1)C1(CCSCC1)C(=O)N2CC(=O)OCC. The van der Waals surface area contributed by atoms with E-state index in [1.165, 1.54) is 0 Å². The summed E-state index contributed by atoms with van der Waals surface area (Å²) >= 11 is 1.87. The smallest absolute Gasteiger partial charge is 0.326 e. The number of esters is 1. The molecular formula is C16H18BNO3S. The third-order valence-electron chi connectivity index (χ3n) is 4.42. The van der Waals surface area contributed by atoms with Crippen molar-refractivity contribution in [2.45, 2.75) is 25.2 Å².